The van der Waals surface area contributed by atoms with Crippen LogP contribution in [0, 0.1) is 6.92 Å². The summed E-state index contributed by atoms with van der Waals surface area (Å²) in [6.45, 7) is 3.89. The fourth-order valence-electron chi connectivity index (χ4n) is 1.97. The molecule has 1 aromatic carbocycles. The van der Waals surface area contributed by atoms with E-state index >= 15 is 0 Å². The quantitative estimate of drug-likeness (QED) is 0.807. The number of methoxy groups -OCH3 is 1. The molecule has 2 aromatic rings. The van der Waals surface area contributed by atoms with E-state index in [0.717, 1.165) is 25.3 Å². The van der Waals surface area contributed by atoms with Crippen molar-refractivity contribution in [3.05, 3.63) is 59.4 Å². The molecule has 1 aromatic heterocycles. The number of nitrogens with one attached hydrogen (secondary N) is 1. The Kier molecular flexibility index (Phi) is 4.93. The molecule has 0 fully saturated rings. The molecule has 0 spiro atoms. The molecule has 2 rings (SSSR count). The lowest BCUT2D eigenvalue weighted by Crippen LogP contribution is -2.16. The summed E-state index contributed by atoms with van der Waals surface area (Å²) in [5.74, 6) is 0.905. The molecular formula is C16H20N2O. The molecule has 0 radical (unpaired) electrons. The second-order valence-corrected chi connectivity index (χ2v) is 4.65. The van der Waals surface area contributed by atoms with Crippen LogP contribution in [0.15, 0.2) is 42.7 Å². The van der Waals surface area contributed by atoms with Crippen LogP contribution in [-0.2, 0) is 13.0 Å². The standard InChI is InChI=1S/C16H20N2O/c1-13-9-15(12-18-10-13)11-17-8-7-14-3-5-16(19-2)6-4-14/h3-6,9-10,12,17H,7-8,11H2,1-2H3. The fourth-order valence-corrected chi connectivity index (χ4v) is 1.97. The lowest BCUT2D eigenvalue weighted by atomic mass is 10.1. The van der Waals surface area contributed by atoms with E-state index in [4.69, 9.17) is 4.74 Å². The van der Waals surface area contributed by atoms with E-state index in [1.807, 2.05) is 24.5 Å². The second-order valence-electron chi connectivity index (χ2n) is 4.65. The third-order valence-corrected chi connectivity index (χ3v) is 3.01. The minimum atomic E-state index is 0.866. The lowest BCUT2D eigenvalue weighted by molar-refractivity contribution is 0.414. The first-order valence-corrected chi connectivity index (χ1v) is 6.52. The molecule has 1 heterocycles. The van der Waals surface area contributed by atoms with Gasteiger partial charge in [0, 0.05) is 18.9 Å². The van der Waals surface area contributed by atoms with E-state index < -0.39 is 0 Å². The maximum Gasteiger partial charge on any atom is 0.118 e. The molecule has 0 unspecified atom stereocenters. The van der Waals surface area contributed by atoms with Crippen LogP contribution in [0.1, 0.15) is 16.7 Å². The molecule has 0 saturated heterocycles. The average molecular weight is 256 g/mol. The summed E-state index contributed by atoms with van der Waals surface area (Å²) < 4.78 is 5.14. The molecule has 0 aliphatic heterocycles. The van der Waals surface area contributed by atoms with Gasteiger partial charge in [-0.05, 0) is 48.7 Å². The van der Waals surface area contributed by atoms with Gasteiger partial charge in [-0.25, -0.2) is 0 Å². The molecule has 0 aliphatic carbocycles. The summed E-state index contributed by atoms with van der Waals surface area (Å²) >= 11 is 0. The Bertz CT molecular complexity index is 508. The van der Waals surface area contributed by atoms with Crippen LogP contribution in [0.2, 0.25) is 0 Å². The summed E-state index contributed by atoms with van der Waals surface area (Å²) in [7, 11) is 1.69. The summed E-state index contributed by atoms with van der Waals surface area (Å²) in [5.41, 5.74) is 3.75. The molecular weight excluding hydrogens is 236 g/mol. The molecule has 19 heavy (non-hydrogen) atoms. The third-order valence-electron chi connectivity index (χ3n) is 3.01. The maximum absolute atomic E-state index is 5.14. The zero-order chi connectivity index (χ0) is 13.5. The zero-order valence-corrected chi connectivity index (χ0v) is 11.5. The van der Waals surface area contributed by atoms with Gasteiger partial charge in [0.1, 0.15) is 5.75 Å². The Morgan fingerprint density at radius 1 is 1.11 bits per heavy atom. The van der Waals surface area contributed by atoms with E-state index in [1.54, 1.807) is 7.11 Å². The highest BCUT2D eigenvalue weighted by atomic mass is 16.5. The predicted molar refractivity (Wildman–Crippen MR) is 77.4 cm³/mol. The van der Waals surface area contributed by atoms with Gasteiger partial charge in [-0.1, -0.05) is 18.2 Å². The minimum absolute atomic E-state index is 0.866. The maximum atomic E-state index is 5.14. The zero-order valence-electron chi connectivity index (χ0n) is 11.5. The van der Waals surface area contributed by atoms with Gasteiger partial charge in [-0.3, -0.25) is 4.98 Å². The van der Waals surface area contributed by atoms with Gasteiger partial charge in [-0.2, -0.15) is 0 Å². The van der Waals surface area contributed by atoms with Gasteiger partial charge in [0.15, 0.2) is 0 Å². The van der Waals surface area contributed by atoms with Crippen molar-refractivity contribution in [3.8, 4) is 5.75 Å². The summed E-state index contributed by atoms with van der Waals surface area (Å²) in [6.07, 6.45) is 4.80. The van der Waals surface area contributed by atoms with Crippen LogP contribution < -0.4 is 10.1 Å². The smallest absolute Gasteiger partial charge is 0.118 e. The average Bonchev–Trinajstić information content (AvgIpc) is 2.44. The highest BCUT2D eigenvalue weighted by Gasteiger charge is 1.96. The van der Waals surface area contributed by atoms with Crippen molar-refractivity contribution >= 4 is 0 Å². The number of hydrogen-bond donors (Lipinski definition) is 1. The Hall–Kier alpha value is -1.87. The number of pyridine rings is 1. The Labute approximate surface area is 114 Å². The van der Waals surface area contributed by atoms with Crippen LogP contribution in [0.3, 0.4) is 0 Å². The van der Waals surface area contributed by atoms with Crippen LogP contribution >= 0.6 is 0 Å². The number of aryl methyl sites for hydroxylation is 1. The van der Waals surface area contributed by atoms with Crippen molar-refractivity contribution in [2.45, 2.75) is 19.9 Å². The predicted octanol–water partition coefficient (Wildman–Crippen LogP) is 2.73. The number of aromatic nitrogens is 1. The molecule has 3 nitrogen and oxygen atoms in total. The fraction of sp³-hybridized carbons (Fsp3) is 0.312. The number of hydrogen-bond acceptors (Lipinski definition) is 3. The summed E-state index contributed by atoms with van der Waals surface area (Å²) in [5, 5.41) is 3.43. The minimum Gasteiger partial charge on any atom is -0.497 e. The molecule has 0 amide bonds. The molecule has 0 bridgehead atoms. The van der Waals surface area contributed by atoms with Crippen molar-refractivity contribution in [1.29, 1.82) is 0 Å². The van der Waals surface area contributed by atoms with E-state index in [9.17, 15) is 0 Å². The van der Waals surface area contributed by atoms with E-state index in [-0.39, 0.29) is 0 Å². The first kappa shape index (κ1) is 13.6. The summed E-state index contributed by atoms with van der Waals surface area (Å²) in [6, 6.07) is 10.4. The molecule has 0 atom stereocenters. The van der Waals surface area contributed by atoms with Crippen LogP contribution in [-0.4, -0.2) is 18.6 Å². The molecule has 0 aliphatic rings. The highest BCUT2D eigenvalue weighted by Crippen LogP contribution is 2.11. The summed E-state index contributed by atoms with van der Waals surface area (Å²) in [4.78, 5) is 4.19. The van der Waals surface area contributed by atoms with Crippen LogP contribution in [0.4, 0.5) is 0 Å². The lowest BCUT2D eigenvalue weighted by Gasteiger charge is -2.06. The Balaban J connectivity index is 1.74. The van der Waals surface area contributed by atoms with Crippen molar-refractivity contribution in [2.24, 2.45) is 0 Å². The topological polar surface area (TPSA) is 34.1 Å². The van der Waals surface area contributed by atoms with Crippen molar-refractivity contribution in [2.75, 3.05) is 13.7 Å². The molecule has 100 valence electrons. The Morgan fingerprint density at radius 3 is 2.58 bits per heavy atom. The van der Waals surface area contributed by atoms with Crippen molar-refractivity contribution in [3.63, 3.8) is 0 Å². The van der Waals surface area contributed by atoms with E-state index in [1.165, 1.54) is 16.7 Å². The van der Waals surface area contributed by atoms with Crippen LogP contribution in [0.5, 0.6) is 5.75 Å². The van der Waals surface area contributed by atoms with Gasteiger partial charge >= 0.3 is 0 Å². The largest absolute Gasteiger partial charge is 0.497 e. The second kappa shape index (κ2) is 6.90. The van der Waals surface area contributed by atoms with Gasteiger partial charge in [0.05, 0.1) is 7.11 Å². The molecule has 1 N–H and O–H groups in total. The van der Waals surface area contributed by atoms with Crippen molar-refractivity contribution in [1.82, 2.24) is 10.3 Å². The first-order chi connectivity index (χ1) is 9.28. The van der Waals surface area contributed by atoms with Gasteiger partial charge in [0.25, 0.3) is 0 Å². The SMILES string of the molecule is COc1ccc(CCNCc2cncc(C)c2)cc1. The van der Waals surface area contributed by atoms with E-state index in [2.05, 4.69) is 35.4 Å². The number of ether oxygens (including phenoxy) is 1. The van der Waals surface area contributed by atoms with Crippen LogP contribution in [0.25, 0.3) is 0 Å². The normalized spacial score (nSPS) is 10.4. The number of nitrogens with zero attached hydrogens (tertiary/aromatic N) is 1. The van der Waals surface area contributed by atoms with Gasteiger partial charge in [-0.15, -0.1) is 0 Å². The third kappa shape index (κ3) is 4.38. The number of benzene rings is 1. The first-order valence-electron chi connectivity index (χ1n) is 6.52. The van der Waals surface area contributed by atoms with E-state index in [0.29, 0.717) is 0 Å². The van der Waals surface area contributed by atoms with Gasteiger partial charge in [0.2, 0.25) is 0 Å². The van der Waals surface area contributed by atoms with Crippen molar-refractivity contribution < 1.29 is 4.74 Å². The number of rotatable bonds is 6. The Morgan fingerprint density at radius 2 is 1.89 bits per heavy atom. The molecule has 3 heteroatoms. The highest BCUT2D eigenvalue weighted by molar-refractivity contribution is 5.27. The monoisotopic (exact) mass is 256 g/mol. The van der Waals surface area contributed by atoms with Gasteiger partial charge < -0.3 is 10.1 Å². The molecule has 0 saturated carbocycles.